The van der Waals surface area contributed by atoms with E-state index in [9.17, 15) is 18.0 Å². The van der Waals surface area contributed by atoms with E-state index in [2.05, 4.69) is 5.32 Å². The molecule has 0 aliphatic rings. The Morgan fingerprint density at radius 1 is 0.816 bits per heavy atom. The molecule has 0 saturated carbocycles. The molecule has 1 N–H and O–H groups in total. The Kier molecular flexibility index (Phi) is 9.33. The molecule has 1 atom stereocenters. The molecular weight excluding hydrogens is 498 g/mol. The molecule has 0 spiro atoms. The van der Waals surface area contributed by atoms with Crippen LogP contribution >= 0.6 is 0 Å². The zero-order valence-corrected chi connectivity index (χ0v) is 23.7. The number of sulfonamides is 1. The lowest BCUT2D eigenvalue weighted by molar-refractivity contribution is -0.139. The van der Waals surface area contributed by atoms with Crippen LogP contribution in [0, 0.1) is 20.8 Å². The minimum absolute atomic E-state index is 0.0928. The van der Waals surface area contributed by atoms with E-state index >= 15 is 0 Å². The number of rotatable bonds is 10. The third-order valence-corrected chi connectivity index (χ3v) is 8.25. The Hall–Kier alpha value is -3.65. The number of nitrogens with one attached hydrogen (secondary N) is 1. The van der Waals surface area contributed by atoms with Gasteiger partial charge in [0, 0.05) is 12.6 Å². The van der Waals surface area contributed by atoms with Crippen molar-refractivity contribution in [2.75, 3.05) is 10.8 Å². The molecule has 3 aromatic rings. The number of hydrogen-bond donors (Lipinski definition) is 1. The molecule has 0 bridgehead atoms. The summed E-state index contributed by atoms with van der Waals surface area (Å²) >= 11 is 0. The van der Waals surface area contributed by atoms with E-state index in [1.165, 1.54) is 4.90 Å². The second-order valence-corrected chi connectivity index (χ2v) is 11.8. The Balaban J connectivity index is 2.06. The highest BCUT2D eigenvalue weighted by Gasteiger charge is 2.33. The summed E-state index contributed by atoms with van der Waals surface area (Å²) in [4.78, 5) is 28.5. The second kappa shape index (κ2) is 12.3. The predicted molar refractivity (Wildman–Crippen MR) is 151 cm³/mol. The molecule has 0 aromatic heterocycles. The van der Waals surface area contributed by atoms with Crippen molar-refractivity contribution in [3.63, 3.8) is 0 Å². The number of anilines is 1. The van der Waals surface area contributed by atoms with E-state index in [0.717, 1.165) is 21.0 Å². The number of carbonyl (C=O) groups excluding carboxylic acids is 2. The Morgan fingerprint density at radius 2 is 1.39 bits per heavy atom. The van der Waals surface area contributed by atoms with Crippen LogP contribution in [0.5, 0.6) is 0 Å². The van der Waals surface area contributed by atoms with Gasteiger partial charge in [-0.05, 0) is 76.4 Å². The van der Waals surface area contributed by atoms with E-state index < -0.39 is 28.5 Å². The molecule has 2 amide bonds. The quantitative estimate of drug-likeness (QED) is 0.406. The van der Waals surface area contributed by atoms with E-state index in [0.29, 0.717) is 11.3 Å². The first-order chi connectivity index (χ1) is 17.9. The van der Waals surface area contributed by atoms with Gasteiger partial charge in [0.2, 0.25) is 11.8 Å². The summed E-state index contributed by atoms with van der Waals surface area (Å²) in [5, 5.41) is 2.87. The maximum absolute atomic E-state index is 14.0. The van der Waals surface area contributed by atoms with Crippen molar-refractivity contribution in [3.05, 3.63) is 95.1 Å². The van der Waals surface area contributed by atoms with Gasteiger partial charge in [0.25, 0.3) is 10.0 Å². The predicted octanol–water partition coefficient (Wildman–Crippen LogP) is 4.75. The SMILES string of the molecule is Cc1ccc(S(=O)(=O)N(CC(=O)N(Cc2ccccc2C)[C@@H](C)C(=O)NC(C)C)c2ccccc2C)cc1. The van der Waals surface area contributed by atoms with E-state index in [1.807, 2.05) is 58.0 Å². The van der Waals surface area contributed by atoms with Crippen molar-refractivity contribution >= 4 is 27.5 Å². The second-order valence-electron chi connectivity index (χ2n) is 9.90. The lowest BCUT2D eigenvalue weighted by atomic mass is 10.1. The van der Waals surface area contributed by atoms with E-state index in [-0.39, 0.29) is 23.4 Å². The van der Waals surface area contributed by atoms with Crippen LogP contribution in [0.3, 0.4) is 0 Å². The molecule has 0 fully saturated rings. The van der Waals surface area contributed by atoms with Crippen molar-refractivity contribution in [1.29, 1.82) is 0 Å². The van der Waals surface area contributed by atoms with Gasteiger partial charge in [-0.2, -0.15) is 0 Å². The van der Waals surface area contributed by atoms with Gasteiger partial charge in [-0.25, -0.2) is 8.42 Å². The highest BCUT2D eigenvalue weighted by Crippen LogP contribution is 2.27. The number of amides is 2. The van der Waals surface area contributed by atoms with Crippen molar-refractivity contribution in [2.24, 2.45) is 0 Å². The van der Waals surface area contributed by atoms with Crippen molar-refractivity contribution in [3.8, 4) is 0 Å². The lowest BCUT2D eigenvalue weighted by Crippen LogP contribution is -2.52. The first kappa shape index (κ1) is 28.9. The minimum Gasteiger partial charge on any atom is -0.352 e. The molecule has 3 aromatic carbocycles. The molecule has 0 radical (unpaired) electrons. The number of hydrogen-bond acceptors (Lipinski definition) is 4. The summed E-state index contributed by atoms with van der Waals surface area (Å²) in [5.74, 6) is -0.774. The summed E-state index contributed by atoms with van der Waals surface area (Å²) < 4.78 is 28.9. The number of carbonyl (C=O) groups is 2. The van der Waals surface area contributed by atoms with Gasteiger partial charge < -0.3 is 10.2 Å². The number of para-hydroxylation sites is 1. The Labute approximate surface area is 226 Å². The highest BCUT2D eigenvalue weighted by molar-refractivity contribution is 7.92. The average Bonchev–Trinajstić information content (AvgIpc) is 2.86. The zero-order chi connectivity index (χ0) is 28.0. The van der Waals surface area contributed by atoms with Gasteiger partial charge in [-0.15, -0.1) is 0 Å². The molecular formula is C30H37N3O4S. The summed E-state index contributed by atoms with van der Waals surface area (Å²) in [6.45, 7) is 10.7. The summed E-state index contributed by atoms with van der Waals surface area (Å²) in [7, 11) is -4.08. The average molecular weight is 536 g/mol. The van der Waals surface area contributed by atoms with Gasteiger partial charge in [0.1, 0.15) is 12.6 Å². The van der Waals surface area contributed by atoms with Crippen LogP contribution < -0.4 is 9.62 Å². The summed E-state index contributed by atoms with van der Waals surface area (Å²) in [6, 6.07) is 20.3. The van der Waals surface area contributed by atoms with Crippen LogP contribution in [-0.4, -0.2) is 43.8 Å². The molecule has 202 valence electrons. The maximum Gasteiger partial charge on any atom is 0.264 e. The Bertz CT molecular complexity index is 1380. The van der Waals surface area contributed by atoms with Crippen LogP contribution in [-0.2, 0) is 26.2 Å². The van der Waals surface area contributed by atoms with Crippen molar-refractivity contribution in [1.82, 2.24) is 10.2 Å². The molecule has 8 heteroatoms. The molecule has 0 aliphatic carbocycles. The minimum atomic E-state index is -4.08. The highest BCUT2D eigenvalue weighted by atomic mass is 32.2. The van der Waals surface area contributed by atoms with Crippen LogP contribution in [0.25, 0.3) is 0 Å². The molecule has 0 unspecified atom stereocenters. The fourth-order valence-corrected chi connectivity index (χ4v) is 5.63. The van der Waals surface area contributed by atoms with Gasteiger partial charge >= 0.3 is 0 Å². The van der Waals surface area contributed by atoms with E-state index in [4.69, 9.17) is 0 Å². The van der Waals surface area contributed by atoms with Crippen LogP contribution in [0.2, 0.25) is 0 Å². The van der Waals surface area contributed by atoms with Gasteiger partial charge in [0.15, 0.2) is 0 Å². The van der Waals surface area contributed by atoms with Crippen LogP contribution in [0.4, 0.5) is 5.69 Å². The first-order valence-electron chi connectivity index (χ1n) is 12.7. The van der Waals surface area contributed by atoms with Gasteiger partial charge in [-0.1, -0.05) is 60.2 Å². The first-order valence-corrected chi connectivity index (χ1v) is 14.1. The standard InChI is InChI=1S/C30H37N3O4S/c1-21(2)31-30(35)25(6)32(19-26-13-9-7-11-23(26)4)29(34)20-33(28-14-10-8-12-24(28)5)38(36,37)27-17-15-22(3)16-18-27/h7-18,21,25H,19-20H2,1-6H3,(H,31,35)/t25-/m0/s1. The van der Waals surface area contributed by atoms with Crippen LogP contribution in [0.1, 0.15) is 43.0 Å². The molecule has 7 nitrogen and oxygen atoms in total. The van der Waals surface area contributed by atoms with Crippen molar-refractivity contribution < 1.29 is 18.0 Å². The van der Waals surface area contributed by atoms with Crippen LogP contribution in [0.15, 0.2) is 77.7 Å². The fraction of sp³-hybridized carbons (Fsp3) is 0.333. The monoisotopic (exact) mass is 535 g/mol. The number of aryl methyl sites for hydroxylation is 3. The smallest absolute Gasteiger partial charge is 0.264 e. The largest absolute Gasteiger partial charge is 0.352 e. The van der Waals surface area contributed by atoms with Gasteiger partial charge in [0.05, 0.1) is 10.6 Å². The topological polar surface area (TPSA) is 86.8 Å². The molecule has 38 heavy (non-hydrogen) atoms. The lowest BCUT2D eigenvalue weighted by Gasteiger charge is -2.33. The third kappa shape index (κ3) is 6.81. The third-order valence-electron chi connectivity index (χ3n) is 6.47. The molecule has 0 saturated heterocycles. The normalized spacial score (nSPS) is 12.2. The molecule has 3 rings (SSSR count). The number of nitrogens with zero attached hydrogens (tertiary/aromatic N) is 2. The van der Waals surface area contributed by atoms with E-state index in [1.54, 1.807) is 56.3 Å². The van der Waals surface area contributed by atoms with Gasteiger partial charge in [-0.3, -0.25) is 13.9 Å². The Morgan fingerprint density at radius 3 is 1.97 bits per heavy atom. The summed E-state index contributed by atoms with van der Waals surface area (Å²) in [5.41, 5.74) is 3.92. The summed E-state index contributed by atoms with van der Waals surface area (Å²) in [6.07, 6.45) is 0. The fourth-order valence-electron chi connectivity index (χ4n) is 4.15. The van der Waals surface area contributed by atoms with Crippen molar-refractivity contribution in [2.45, 2.75) is 65.1 Å². The maximum atomic E-state index is 14.0. The number of benzene rings is 3. The zero-order valence-electron chi connectivity index (χ0n) is 22.9. The molecule has 0 heterocycles. The molecule has 0 aliphatic heterocycles.